The highest BCUT2D eigenvalue weighted by atomic mass is 35.5. The molecule has 0 saturated carbocycles. The third kappa shape index (κ3) is 9.59. The number of nitrogens with two attached hydrogens (primary N) is 2. The highest BCUT2D eigenvalue weighted by Gasteiger charge is 1.89. The van der Waals surface area contributed by atoms with Gasteiger partial charge in [-0.3, -0.25) is 0 Å². The Balaban J connectivity index is 0.000000252. The number of benzene rings is 1. The summed E-state index contributed by atoms with van der Waals surface area (Å²) in [6.07, 6.45) is 0. The molecular formula is C6H8Cl2N2O2S. The van der Waals surface area contributed by atoms with Gasteiger partial charge in [-0.1, -0.05) is 35.3 Å². The third-order valence-corrected chi connectivity index (χ3v) is 1.58. The second kappa shape index (κ2) is 5.41. The predicted octanol–water partition coefficient (Wildman–Crippen LogP) is 1.14. The Morgan fingerprint density at radius 1 is 1.00 bits per heavy atom. The zero-order chi connectivity index (χ0) is 10.5. The number of hydrogen-bond acceptors (Lipinski definition) is 2. The van der Waals surface area contributed by atoms with Crippen LogP contribution in [0.2, 0.25) is 10.0 Å². The van der Waals surface area contributed by atoms with E-state index in [1.54, 1.807) is 12.1 Å². The first kappa shape index (κ1) is 12.7. The summed E-state index contributed by atoms with van der Waals surface area (Å²) >= 11 is 11.2. The maximum atomic E-state index is 9.19. The predicted molar refractivity (Wildman–Crippen MR) is 53.8 cm³/mol. The highest BCUT2D eigenvalue weighted by Crippen LogP contribution is 2.19. The maximum absolute atomic E-state index is 9.19. The molecule has 0 atom stereocenters. The topological polar surface area (TPSA) is 86.2 Å². The molecule has 0 aliphatic carbocycles. The Morgan fingerprint density at radius 2 is 1.23 bits per heavy atom. The van der Waals surface area contributed by atoms with Crippen LogP contribution in [-0.4, -0.2) is 8.42 Å². The zero-order valence-electron chi connectivity index (χ0n) is 6.44. The van der Waals surface area contributed by atoms with Gasteiger partial charge in [0.05, 0.1) is 10.0 Å². The van der Waals surface area contributed by atoms with Crippen molar-refractivity contribution in [3.05, 3.63) is 34.3 Å². The molecule has 1 rings (SSSR count). The largest absolute Gasteiger partial charge is 0.271 e. The van der Waals surface area contributed by atoms with Crippen molar-refractivity contribution in [3.8, 4) is 0 Å². The fraction of sp³-hybridized carbons (Fsp3) is 0. The summed E-state index contributed by atoms with van der Waals surface area (Å²) in [4.78, 5) is 0. The fourth-order valence-corrected chi connectivity index (χ4v) is 0.711. The molecule has 0 bridgehead atoms. The molecule has 0 unspecified atom stereocenters. The van der Waals surface area contributed by atoms with Crippen LogP contribution in [0, 0.1) is 0 Å². The van der Waals surface area contributed by atoms with Gasteiger partial charge in [0, 0.05) is 0 Å². The van der Waals surface area contributed by atoms with Crippen molar-refractivity contribution in [1.29, 1.82) is 0 Å². The van der Waals surface area contributed by atoms with Crippen molar-refractivity contribution >= 4 is 33.4 Å². The average molecular weight is 243 g/mol. The van der Waals surface area contributed by atoms with E-state index < -0.39 is 10.2 Å². The standard InChI is InChI=1S/C6H4Cl2.H4N2O2S/c7-5-3-1-2-4-6(5)8;1-5(2,3)4/h1-4H;(H4,1,2,3,4). The maximum Gasteiger partial charge on any atom is 0.271 e. The van der Waals surface area contributed by atoms with Crippen molar-refractivity contribution in [1.82, 2.24) is 0 Å². The number of rotatable bonds is 0. The van der Waals surface area contributed by atoms with Gasteiger partial charge in [-0.25, -0.2) is 10.3 Å². The summed E-state index contributed by atoms with van der Waals surface area (Å²) in [7, 11) is -3.67. The Morgan fingerprint density at radius 3 is 1.38 bits per heavy atom. The molecule has 13 heavy (non-hydrogen) atoms. The van der Waals surface area contributed by atoms with Gasteiger partial charge in [-0.2, -0.15) is 8.42 Å². The van der Waals surface area contributed by atoms with Crippen LogP contribution in [0.25, 0.3) is 0 Å². The monoisotopic (exact) mass is 242 g/mol. The zero-order valence-corrected chi connectivity index (χ0v) is 8.77. The molecule has 74 valence electrons. The van der Waals surface area contributed by atoms with E-state index in [0.29, 0.717) is 10.0 Å². The quantitative estimate of drug-likeness (QED) is 0.715. The molecule has 0 spiro atoms. The van der Waals surface area contributed by atoms with Crippen LogP contribution in [-0.2, 0) is 10.2 Å². The SMILES string of the molecule is Clc1ccccc1Cl.NS(N)(=O)=O. The molecule has 1 aromatic rings. The van der Waals surface area contributed by atoms with Crippen LogP contribution in [0.15, 0.2) is 24.3 Å². The fourth-order valence-electron chi connectivity index (χ4n) is 0.439. The first-order valence-corrected chi connectivity index (χ1v) is 5.38. The molecule has 4 N–H and O–H groups in total. The molecule has 4 nitrogen and oxygen atoms in total. The molecule has 0 aromatic heterocycles. The van der Waals surface area contributed by atoms with Gasteiger partial charge in [-0.05, 0) is 12.1 Å². The van der Waals surface area contributed by atoms with Gasteiger partial charge in [0.1, 0.15) is 0 Å². The molecule has 1 aromatic carbocycles. The van der Waals surface area contributed by atoms with Crippen molar-refractivity contribution in [2.24, 2.45) is 10.3 Å². The second-order valence-electron chi connectivity index (χ2n) is 2.00. The van der Waals surface area contributed by atoms with E-state index >= 15 is 0 Å². The van der Waals surface area contributed by atoms with E-state index in [0.717, 1.165) is 0 Å². The summed E-state index contributed by atoms with van der Waals surface area (Å²) in [6, 6.07) is 7.19. The van der Waals surface area contributed by atoms with E-state index in [1.807, 2.05) is 12.1 Å². The van der Waals surface area contributed by atoms with Gasteiger partial charge in [0.15, 0.2) is 0 Å². The van der Waals surface area contributed by atoms with Gasteiger partial charge in [0.25, 0.3) is 10.2 Å². The minimum atomic E-state index is -3.67. The van der Waals surface area contributed by atoms with E-state index in [1.165, 1.54) is 0 Å². The Bertz CT molecular complexity index is 338. The summed E-state index contributed by atoms with van der Waals surface area (Å²) in [5.41, 5.74) is 0. The van der Waals surface area contributed by atoms with E-state index in [9.17, 15) is 8.42 Å². The van der Waals surface area contributed by atoms with Crippen LogP contribution >= 0.6 is 23.2 Å². The molecule has 7 heteroatoms. The van der Waals surface area contributed by atoms with E-state index in [-0.39, 0.29) is 0 Å². The molecule has 0 fully saturated rings. The van der Waals surface area contributed by atoms with Crippen molar-refractivity contribution in [3.63, 3.8) is 0 Å². The van der Waals surface area contributed by atoms with Crippen LogP contribution in [0.1, 0.15) is 0 Å². The van der Waals surface area contributed by atoms with Crippen molar-refractivity contribution in [2.75, 3.05) is 0 Å². The van der Waals surface area contributed by atoms with Crippen molar-refractivity contribution < 1.29 is 8.42 Å². The Kier molecular flexibility index (Phi) is 5.27. The Hall–Kier alpha value is -0.330. The minimum absolute atomic E-state index is 0.606. The summed E-state index contributed by atoms with van der Waals surface area (Å²) < 4.78 is 18.4. The summed E-state index contributed by atoms with van der Waals surface area (Å²) in [5, 5.41) is 9.42. The van der Waals surface area contributed by atoms with Gasteiger partial charge in [0.2, 0.25) is 0 Å². The lowest BCUT2D eigenvalue weighted by Crippen LogP contribution is -2.21. The lowest BCUT2D eigenvalue weighted by Gasteiger charge is -1.88. The average Bonchev–Trinajstić information content (AvgIpc) is 1.92. The first-order valence-electron chi connectivity index (χ1n) is 3.01. The summed E-state index contributed by atoms with van der Waals surface area (Å²) in [6.45, 7) is 0. The van der Waals surface area contributed by atoms with E-state index in [2.05, 4.69) is 10.3 Å². The second-order valence-corrected chi connectivity index (χ2v) is 4.00. The molecule has 0 radical (unpaired) electrons. The molecule has 0 aliphatic rings. The van der Waals surface area contributed by atoms with Crippen molar-refractivity contribution in [2.45, 2.75) is 0 Å². The lowest BCUT2D eigenvalue weighted by molar-refractivity contribution is 0.599. The number of hydrogen-bond donors (Lipinski definition) is 2. The first-order chi connectivity index (χ1) is 5.80. The van der Waals surface area contributed by atoms with Crippen LogP contribution in [0.4, 0.5) is 0 Å². The molecule has 0 amide bonds. The lowest BCUT2D eigenvalue weighted by atomic mass is 10.4. The van der Waals surface area contributed by atoms with Gasteiger partial charge in [-0.15, -0.1) is 0 Å². The van der Waals surface area contributed by atoms with Gasteiger partial charge < -0.3 is 0 Å². The molecule has 0 aliphatic heterocycles. The van der Waals surface area contributed by atoms with E-state index in [4.69, 9.17) is 23.2 Å². The minimum Gasteiger partial charge on any atom is -0.216 e. The van der Waals surface area contributed by atoms with Crippen LogP contribution in [0.5, 0.6) is 0 Å². The smallest absolute Gasteiger partial charge is 0.216 e. The number of halogens is 2. The Labute approximate surface area is 86.6 Å². The molecule has 0 saturated heterocycles. The molecule has 0 heterocycles. The highest BCUT2D eigenvalue weighted by molar-refractivity contribution is 7.86. The molecular weight excluding hydrogens is 235 g/mol. The summed E-state index contributed by atoms with van der Waals surface area (Å²) in [5.74, 6) is 0. The van der Waals surface area contributed by atoms with Crippen LogP contribution in [0.3, 0.4) is 0 Å². The third-order valence-electron chi connectivity index (χ3n) is 0.824. The van der Waals surface area contributed by atoms with Crippen LogP contribution < -0.4 is 10.3 Å². The normalized spacial score (nSPS) is 10.2. The van der Waals surface area contributed by atoms with Gasteiger partial charge >= 0.3 is 0 Å².